The number of hydrogen-bond donors (Lipinski definition) is 0. The maximum absolute atomic E-state index is 13.5. The van der Waals surface area contributed by atoms with Crippen molar-refractivity contribution in [2.75, 3.05) is 64.9 Å². The summed E-state index contributed by atoms with van der Waals surface area (Å²) in [4.78, 5) is 20.5. The quantitative estimate of drug-likeness (QED) is 0.497. The zero-order valence-corrected chi connectivity index (χ0v) is 21.2. The van der Waals surface area contributed by atoms with Gasteiger partial charge in [0.05, 0.1) is 14.2 Å². The Morgan fingerprint density at radius 2 is 1.50 bits per heavy atom. The molecule has 0 spiro atoms. The van der Waals surface area contributed by atoms with Crippen molar-refractivity contribution in [2.24, 2.45) is 5.92 Å². The van der Waals surface area contributed by atoms with Gasteiger partial charge < -0.3 is 19.3 Å². The molecule has 0 radical (unpaired) electrons. The highest BCUT2D eigenvalue weighted by atomic mass is 16.5. The van der Waals surface area contributed by atoms with E-state index in [0.29, 0.717) is 23.8 Å². The van der Waals surface area contributed by atoms with Gasteiger partial charge in [-0.15, -0.1) is 0 Å². The fraction of sp³-hybridized carbons (Fsp3) is 0.367. The molecule has 0 aliphatic carbocycles. The number of amides is 1. The lowest BCUT2D eigenvalue weighted by molar-refractivity contribution is 0.0782. The Bertz CT molecular complexity index is 1160. The van der Waals surface area contributed by atoms with Gasteiger partial charge in [-0.1, -0.05) is 36.4 Å². The minimum atomic E-state index is 0.0678. The lowest BCUT2D eigenvalue weighted by Crippen LogP contribution is -2.48. The Kier molecular flexibility index (Phi) is 7.42. The number of carbonyl (C=O) groups is 1. The van der Waals surface area contributed by atoms with Gasteiger partial charge in [-0.05, 0) is 53.9 Å². The average molecular weight is 486 g/mol. The van der Waals surface area contributed by atoms with Crippen molar-refractivity contribution in [3.05, 3.63) is 90.0 Å². The second kappa shape index (κ2) is 11.0. The number of carbonyl (C=O) groups excluding carboxylic acids is 1. The van der Waals surface area contributed by atoms with Crippen molar-refractivity contribution >= 4 is 11.6 Å². The molecule has 2 aliphatic rings. The Balaban J connectivity index is 1.31. The van der Waals surface area contributed by atoms with Crippen LogP contribution in [0.2, 0.25) is 0 Å². The summed E-state index contributed by atoms with van der Waals surface area (Å²) in [6, 6.07) is 26.4. The summed E-state index contributed by atoms with van der Waals surface area (Å²) in [5, 5.41) is 0. The maximum atomic E-state index is 13.5. The number of rotatable bonds is 7. The van der Waals surface area contributed by atoms with Crippen LogP contribution < -0.4 is 14.4 Å². The summed E-state index contributed by atoms with van der Waals surface area (Å²) >= 11 is 0. The minimum absolute atomic E-state index is 0.0678. The zero-order chi connectivity index (χ0) is 24.9. The van der Waals surface area contributed by atoms with Crippen molar-refractivity contribution in [3.8, 4) is 11.5 Å². The fourth-order valence-electron chi connectivity index (χ4n) is 5.57. The first-order valence-corrected chi connectivity index (χ1v) is 12.7. The second-order valence-electron chi connectivity index (χ2n) is 9.71. The molecule has 0 N–H and O–H groups in total. The van der Waals surface area contributed by atoms with Crippen molar-refractivity contribution in [2.45, 2.75) is 5.92 Å². The van der Waals surface area contributed by atoms with Crippen LogP contribution in [0.15, 0.2) is 78.9 Å². The van der Waals surface area contributed by atoms with Gasteiger partial charge in [0.15, 0.2) is 0 Å². The van der Waals surface area contributed by atoms with E-state index in [2.05, 4.69) is 58.3 Å². The van der Waals surface area contributed by atoms with Crippen LogP contribution in [0.3, 0.4) is 0 Å². The molecule has 2 saturated heterocycles. The van der Waals surface area contributed by atoms with Crippen LogP contribution in [-0.4, -0.2) is 75.7 Å². The van der Waals surface area contributed by atoms with Gasteiger partial charge in [-0.2, -0.15) is 0 Å². The van der Waals surface area contributed by atoms with Gasteiger partial charge in [0.2, 0.25) is 0 Å². The number of benzene rings is 3. The van der Waals surface area contributed by atoms with E-state index in [-0.39, 0.29) is 11.8 Å². The molecular weight excluding hydrogens is 450 g/mol. The summed E-state index contributed by atoms with van der Waals surface area (Å²) in [5.41, 5.74) is 3.21. The average Bonchev–Trinajstić information content (AvgIpc) is 3.37. The number of anilines is 1. The Morgan fingerprint density at radius 3 is 2.22 bits per heavy atom. The molecule has 2 aliphatic heterocycles. The van der Waals surface area contributed by atoms with Crippen LogP contribution in [0, 0.1) is 5.92 Å². The number of ether oxygens (including phenoxy) is 2. The third kappa shape index (κ3) is 5.34. The standard InChI is InChI=1S/C30H35N3O3/c1-35-27-12-6-8-23(18-27)29-22-33(30(34)24-9-7-13-28(19-24)36-2)21-25(29)20-31-14-16-32(17-15-31)26-10-4-3-5-11-26/h3-13,18-19,25,29H,14-17,20-22H2,1-2H3. The van der Waals surface area contributed by atoms with E-state index in [1.165, 1.54) is 11.3 Å². The van der Waals surface area contributed by atoms with Gasteiger partial charge in [-0.25, -0.2) is 0 Å². The fourth-order valence-corrected chi connectivity index (χ4v) is 5.57. The molecule has 3 aromatic rings. The number of nitrogens with zero attached hydrogens (tertiary/aromatic N) is 3. The van der Waals surface area contributed by atoms with Crippen molar-refractivity contribution in [1.82, 2.24) is 9.80 Å². The molecule has 2 atom stereocenters. The van der Waals surface area contributed by atoms with E-state index in [0.717, 1.165) is 45.0 Å². The molecule has 5 rings (SSSR count). The van der Waals surface area contributed by atoms with Crippen LogP contribution >= 0.6 is 0 Å². The summed E-state index contributed by atoms with van der Waals surface area (Å²) in [6.45, 7) is 6.53. The molecule has 188 valence electrons. The van der Waals surface area contributed by atoms with E-state index >= 15 is 0 Å². The molecule has 2 heterocycles. The highest BCUT2D eigenvalue weighted by Gasteiger charge is 2.38. The first kappa shape index (κ1) is 24.2. The Morgan fingerprint density at radius 1 is 0.806 bits per heavy atom. The molecule has 2 fully saturated rings. The molecule has 0 bridgehead atoms. The monoisotopic (exact) mass is 485 g/mol. The van der Waals surface area contributed by atoms with E-state index in [1.54, 1.807) is 14.2 Å². The van der Waals surface area contributed by atoms with E-state index in [1.807, 2.05) is 35.2 Å². The van der Waals surface area contributed by atoms with E-state index in [4.69, 9.17) is 9.47 Å². The van der Waals surface area contributed by atoms with Crippen LogP contribution in [0.4, 0.5) is 5.69 Å². The van der Waals surface area contributed by atoms with Crippen LogP contribution in [-0.2, 0) is 0 Å². The summed E-state index contributed by atoms with van der Waals surface area (Å²) in [7, 11) is 3.34. The molecule has 3 aromatic carbocycles. The molecule has 1 amide bonds. The number of piperazine rings is 1. The topological polar surface area (TPSA) is 45.2 Å². The van der Waals surface area contributed by atoms with Crippen LogP contribution in [0.5, 0.6) is 11.5 Å². The number of methoxy groups -OCH3 is 2. The third-order valence-electron chi connectivity index (χ3n) is 7.55. The smallest absolute Gasteiger partial charge is 0.254 e. The van der Waals surface area contributed by atoms with Gasteiger partial charge in [-0.3, -0.25) is 9.69 Å². The molecule has 36 heavy (non-hydrogen) atoms. The van der Waals surface area contributed by atoms with Crippen molar-refractivity contribution in [1.29, 1.82) is 0 Å². The van der Waals surface area contributed by atoms with Crippen LogP contribution in [0.1, 0.15) is 21.8 Å². The van der Waals surface area contributed by atoms with Gasteiger partial charge >= 0.3 is 0 Å². The molecule has 2 unspecified atom stereocenters. The van der Waals surface area contributed by atoms with Gasteiger partial charge in [0.1, 0.15) is 11.5 Å². The number of hydrogen-bond acceptors (Lipinski definition) is 5. The Labute approximate surface area is 214 Å². The zero-order valence-electron chi connectivity index (χ0n) is 21.2. The summed E-state index contributed by atoms with van der Waals surface area (Å²) in [6.07, 6.45) is 0. The van der Waals surface area contributed by atoms with E-state index in [9.17, 15) is 4.79 Å². The molecule has 6 nitrogen and oxygen atoms in total. The largest absolute Gasteiger partial charge is 0.497 e. The van der Waals surface area contributed by atoms with Crippen molar-refractivity contribution < 1.29 is 14.3 Å². The first-order chi connectivity index (χ1) is 17.6. The van der Waals surface area contributed by atoms with Gasteiger partial charge in [0, 0.05) is 63.0 Å². The third-order valence-corrected chi connectivity index (χ3v) is 7.55. The maximum Gasteiger partial charge on any atom is 0.254 e. The lowest BCUT2D eigenvalue weighted by Gasteiger charge is -2.37. The number of para-hydroxylation sites is 1. The first-order valence-electron chi connectivity index (χ1n) is 12.7. The minimum Gasteiger partial charge on any atom is -0.497 e. The summed E-state index contributed by atoms with van der Waals surface area (Å²) < 4.78 is 10.9. The second-order valence-corrected chi connectivity index (χ2v) is 9.71. The molecular formula is C30H35N3O3. The highest BCUT2D eigenvalue weighted by Crippen LogP contribution is 2.36. The molecule has 6 heteroatoms. The molecule has 0 aromatic heterocycles. The Hall–Kier alpha value is -3.51. The normalized spacial score (nSPS) is 20.4. The summed E-state index contributed by atoms with van der Waals surface area (Å²) in [5.74, 6) is 2.26. The number of likely N-dealkylation sites (tertiary alicyclic amines) is 1. The SMILES string of the molecule is COc1cccc(C(=O)N2CC(CN3CCN(c4ccccc4)CC3)C(c3cccc(OC)c3)C2)c1. The van der Waals surface area contributed by atoms with Crippen LogP contribution in [0.25, 0.3) is 0 Å². The van der Waals surface area contributed by atoms with Crippen molar-refractivity contribution in [3.63, 3.8) is 0 Å². The predicted molar refractivity (Wildman–Crippen MR) is 143 cm³/mol. The lowest BCUT2D eigenvalue weighted by atomic mass is 9.88. The van der Waals surface area contributed by atoms with E-state index < -0.39 is 0 Å². The van der Waals surface area contributed by atoms with Gasteiger partial charge in [0.25, 0.3) is 5.91 Å². The predicted octanol–water partition coefficient (Wildman–Crippen LogP) is 4.38. The molecule has 0 saturated carbocycles. The highest BCUT2D eigenvalue weighted by molar-refractivity contribution is 5.94.